The summed E-state index contributed by atoms with van der Waals surface area (Å²) in [5.41, 5.74) is 12.2. The van der Waals surface area contributed by atoms with Crippen molar-refractivity contribution in [1.82, 2.24) is 9.55 Å². The molecule has 8 aromatic rings. The van der Waals surface area contributed by atoms with E-state index in [9.17, 15) is 0 Å². The molecule has 0 aliphatic heterocycles. The first-order chi connectivity index (χ1) is 21.7. The molecular formula is C42H32N2. The van der Waals surface area contributed by atoms with Crippen LogP contribution in [0.25, 0.3) is 79.0 Å². The van der Waals surface area contributed by atoms with E-state index < -0.39 is 0 Å². The lowest BCUT2D eigenvalue weighted by atomic mass is 10.0. The minimum atomic E-state index is 0.966. The van der Waals surface area contributed by atoms with Crippen LogP contribution in [-0.2, 0) is 6.54 Å². The van der Waals surface area contributed by atoms with Crippen molar-refractivity contribution in [1.29, 1.82) is 0 Å². The number of rotatable bonds is 6. The Bertz CT molecular complexity index is 2340. The molecule has 8 rings (SSSR count). The number of fused-ring (bicyclic) bond motifs is 6. The van der Waals surface area contributed by atoms with Crippen molar-refractivity contribution in [3.8, 4) is 11.1 Å². The summed E-state index contributed by atoms with van der Waals surface area (Å²) in [5.74, 6) is 0. The van der Waals surface area contributed by atoms with Gasteiger partial charge in [-0.1, -0.05) is 121 Å². The van der Waals surface area contributed by atoms with Crippen molar-refractivity contribution in [3.05, 3.63) is 156 Å². The van der Waals surface area contributed by atoms with Gasteiger partial charge >= 0.3 is 0 Å². The molecule has 0 aliphatic carbocycles. The molecule has 0 saturated carbocycles. The van der Waals surface area contributed by atoms with E-state index >= 15 is 0 Å². The van der Waals surface area contributed by atoms with E-state index in [0.29, 0.717) is 0 Å². The molecule has 2 aromatic heterocycles. The van der Waals surface area contributed by atoms with Crippen molar-refractivity contribution in [2.45, 2.75) is 13.5 Å². The number of H-pyrrole nitrogens is 1. The van der Waals surface area contributed by atoms with Crippen LogP contribution in [0.3, 0.4) is 0 Å². The predicted octanol–water partition coefficient (Wildman–Crippen LogP) is 11.5. The number of hydrogen-bond donors (Lipinski definition) is 1. The van der Waals surface area contributed by atoms with E-state index in [1.54, 1.807) is 0 Å². The standard InChI is InChI=1S/C42H32N2/c1-2-44-41-10-6-4-8-36(41)38-28-32(20-26-42(38)44)14-12-30-17-23-34(24-18-30)33-21-15-29(16-22-33)11-13-31-19-25-40-37(27-31)35-7-3-5-9-39(35)43-40/h3-28,43H,2H2,1H3. The summed E-state index contributed by atoms with van der Waals surface area (Å²) < 4.78 is 2.39. The highest BCUT2D eigenvalue weighted by atomic mass is 15.0. The smallest absolute Gasteiger partial charge is 0.0491 e. The summed E-state index contributed by atoms with van der Waals surface area (Å²) in [7, 11) is 0. The summed E-state index contributed by atoms with van der Waals surface area (Å²) in [5, 5.41) is 5.16. The van der Waals surface area contributed by atoms with E-state index in [2.05, 4.69) is 174 Å². The minimum Gasteiger partial charge on any atom is -0.355 e. The lowest BCUT2D eigenvalue weighted by Crippen LogP contribution is -1.92. The normalized spacial score (nSPS) is 12.1. The average molecular weight is 565 g/mol. The highest BCUT2D eigenvalue weighted by molar-refractivity contribution is 6.09. The quantitative estimate of drug-likeness (QED) is 0.194. The van der Waals surface area contributed by atoms with Crippen molar-refractivity contribution < 1.29 is 0 Å². The van der Waals surface area contributed by atoms with Gasteiger partial charge in [-0.15, -0.1) is 0 Å². The number of nitrogens with one attached hydrogen (secondary N) is 1. The lowest BCUT2D eigenvalue weighted by Gasteiger charge is -2.04. The second-order valence-corrected chi connectivity index (χ2v) is 11.4. The molecule has 0 aliphatic rings. The number of nitrogens with zero attached hydrogens (tertiary/aromatic N) is 1. The Morgan fingerprint density at radius 2 is 0.955 bits per heavy atom. The van der Waals surface area contributed by atoms with Crippen LogP contribution in [0.15, 0.2) is 133 Å². The van der Waals surface area contributed by atoms with Crippen LogP contribution in [0, 0.1) is 0 Å². The third-order valence-electron chi connectivity index (χ3n) is 8.73. The summed E-state index contributed by atoms with van der Waals surface area (Å²) >= 11 is 0. The van der Waals surface area contributed by atoms with Gasteiger partial charge in [0, 0.05) is 50.2 Å². The number of aryl methyl sites for hydroxylation is 1. The van der Waals surface area contributed by atoms with Gasteiger partial charge in [-0.2, -0.15) is 0 Å². The van der Waals surface area contributed by atoms with Gasteiger partial charge in [0.15, 0.2) is 0 Å². The fourth-order valence-corrected chi connectivity index (χ4v) is 6.44. The zero-order chi connectivity index (χ0) is 29.5. The molecule has 0 spiro atoms. The fraction of sp³-hybridized carbons (Fsp3) is 0.0476. The lowest BCUT2D eigenvalue weighted by molar-refractivity contribution is 0.827. The first-order valence-corrected chi connectivity index (χ1v) is 15.3. The largest absolute Gasteiger partial charge is 0.355 e. The highest BCUT2D eigenvalue weighted by Crippen LogP contribution is 2.31. The van der Waals surface area contributed by atoms with Crippen molar-refractivity contribution in [2.24, 2.45) is 0 Å². The molecule has 0 fully saturated rings. The van der Waals surface area contributed by atoms with Crippen LogP contribution >= 0.6 is 0 Å². The molecule has 44 heavy (non-hydrogen) atoms. The van der Waals surface area contributed by atoms with Crippen LogP contribution < -0.4 is 0 Å². The highest BCUT2D eigenvalue weighted by Gasteiger charge is 2.09. The Balaban J connectivity index is 0.976. The molecule has 2 heteroatoms. The summed E-state index contributed by atoms with van der Waals surface area (Å²) in [6.07, 6.45) is 8.79. The first kappa shape index (κ1) is 26.1. The Hall–Kier alpha value is -5.60. The zero-order valence-electron chi connectivity index (χ0n) is 24.7. The maximum absolute atomic E-state index is 3.50. The van der Waals surface area contributed by atoms with E-state index in [-0.39, 0.29) is 0 Å². The van der Waals surface area contributed by atoms with E-state index in [1.165, 1.54) is 77.0 Å². The zero-order valence-corrected chi connectivity index (χ0v) is 24.7. The van der Waals surface area contributed by atoms with Crippen LogP contribution in [0.5, 0.6) is 0 Å². The fourth-order valence-electron chi connectivity index (χ4n) is 6.44. The SMILES string of the molecule is CCn1c2ccccc2c2cc(C=Cc3ccc(-c4ccc(C=Cc5ccc6[nH]c7ccccc7c6c5)cc4)cc3)ccc21. The molecule has 210 valence electrons. The van der Waals surface area contributed by atoms with Gasteiger partial charge in [0.05, 0.1) is 0 Å². The van der Waals surface area contributed by atoms with Gasteiger partial charge in [0.2, 0.25) is 0 Å². The molecule has 0 radical (unpaired) electrons. The van der Waals surface area contributed by atoms with Crippen LogP contribution in [0.4, 0.5) is 0 Å². The van der Waals surface area contributed by atoms with Crippen molar-refractivity contribution in [2.75, 3.05) is 0 Å². The van der Waals surface area contributed by atoms with E-state index in [4.69, 9.17) is 0 Å². The van der Waals surface area contributed by atoms with Crippen molar-refractivity contribution >= 4 is 67.9 Å². The minimum absolute atomic E-state index is 0.966. The van der Waals surface area contributed by atoms with Gasteiger partial charge < -0.3 is 9.55 Å². The monoisotopic (exact) mass is 564 g/mol. The number of para-hydroxylation sites is 2. The Kier molecular flexibility index (Phi) is 6.46. The molecule has 2 nitrogen and oxygen atoms in total. The third-order valence-corrected chi connectivity index (χ3v) is 8.73. The predicted molar refractivity (Wildman–Crippen MR) is 191 cm³/mol. The number of aromatic nitrogens is 2. The maximum Gasteiger partial charge on any atom is 0.0491 e. The van der Waals surface area contributed by atoms with E-state index in [1.807, 2.05) is 0 Å². The number of aromatic amines is 1. The summed E-state index contributed by atoms with van der Waals surface area (Å²) in [4.78, 5) is 3.50. The van der Waals surface area contributed by atoms with Crippen LogP contribution in [-0.4, -0.2) is 9.55 Å². The molecule has 1 N–H and O–H groups in total. The summed E-state index contributed by atoms with van der Waals surface area (Å²) in [6, 6.07) is 48.1. The van der Waals surface area contributed by atoms with Crippen LogP contribution in [0.1, 0.15) is 29.2 Å². The Morgan fingerprint density at radius 1 is 0.455 bits per heavy atom. The molecule has 0 bridgehead atoms. The van der Waals surface area contributed by atoms with Gasteiger partial charge in [0.25, 0.3) is 0 Å². The molecule has 6 aromatic carbocycles. The molecular weight excluding hydrogens is 532 g/mol. The first-order valence-electron chi connectivity index (χ1n) is 15.3. The Labute approximate surface area is 257 Å². The van der Waals surface area contributed by atoms with Crippen LogP contribution in [0.2, 0.25) is 0 Å². The third kappa shape index (κ3) is 4.71. The van der Waals surface area contributed by atoms with Gasteiger partial charge in [-0.25, -0.2) is 0 Å². The second-order valence-electron chi connectivity index (χ2n) is 11.4. The molecule has 0 amide bonds. The number of hydrogen-bond acceptors (Lipinski definition) is 0. The summed E-state index contributed by atoms with van der Waals surface area (Å²) in [6.45, 7) is 3.18. The number of benzene rings is 6. The molecule has 0 saturated heterocycles. The Morgan fingerprint density at radius 3 is 1.64 bits per heavy atom. The average Bonchev–Trinajstić information content (AvgIpc) is 3.61. The molecule has 0 unspecified atom stereocenters. The van der Waals surface area contributed by atoms with Crippen molar-refractivity contribution in [3.63, 3.8) is 0 Å². The van der Waals surface area contributed by atoms with Gasteiger partial charge in [0.1, 0.15) is 0 Å². The maximum atomic E-state index is 3.50. The van der Waals surface area contributed by atoms with Gasteiger partial charge in [-0.05, 0) is 76.7 Å². The van der Waals surface area contributed by atoms with Gasteiger partial charge in [-0.3, -0.25) is 0 Å². The topological polar surface area (TPSA) is 20.7 Å². The second kappa shape index (κ2) is 10.9. The van der Waals surface area contributed by atoms with E-state index in [0.717, 1.165) is 6.54 Å². The molecule has 2 heterocycles. The molecule has 0 atom stereocenters.